The van der Waals surface area contributed by atoms with Crippen LogP contribution in [0.1, 0.15) is 51.8 Å². The maximum Gasteiger partial charge on any atom is 0.323 e. The van der Waals surface area contributed by atoms with E-state index in [1.807, 2.05) is 34.7 Å². The number of nitrogens with zero attached hydrogens (tertiary/aromatic N) is 4. The summed E-state index contributed by atoms with van der Waals surface area (Å²) in [6, 6.07) is 5.86. The quantitative estimate of drug-likeness (QED) is 0.758. The molecule has 0 fully saturated rings. The molecule has 2 aromatic heterocycles. The van der Waals surface area contributed by atoms with E-state index in [9.17, 15) is 4.79 Å². The first-order valence-electron chi connectivity index (χ1n) is 9.41. The minimum Gasteiger partial charge on any atom is -0.317 e. The summed E-state index contributed by atoms with van der Waals surface area (Å²) >= 11 is 0. The molecule has 0 aromatic carbocycles. The number of carbonyl (C=O) groups is 1. The number of anilines is 1. The van der Waals surface area contributed by atoms with Crippen LogP contribution in [-0.4, -0.2) is 31.7 Å². The molecule has 142 valence electrons. The molecular weight excluding hydrogens is 326 g/mol. The number of hydrogen-bond acceptors (Lipinski definition) is 3. The third-order valence-electron chi connectivity index (χ3n) is 4.54. The standard InChI is InChI=1S/C20H31N5O/c1-6-17(5)24(14-18-7-10-21-11-8-18)20(26)22-19-13-16(4)23-25(19)12-9-15(2)3/h7-8,10-11,13,15,17H,6,9,12,14H2,1-5H3,(H,22,26)/t17-/m1/s1. The van der Waals surface area contributed by atoms with Gasteiger partial charge in [-0.3, -0.25) is 10.3 Å². The molecule has 0 unspecified atom stereocenters. The summed E-state index contributed by atoms with van der Waals surface area (Å²) in [7, 11) is 0. The number of amides is 2. The fourth-order valence-electron chi connectivity index (χ4n) is 2.71. The van der Waals surface area contributed by atoms with E-state index in [1.54, 1.807) is 12.4 Å². The van der Waals surface area contributed by atoms with Gasteiger partial charge in [-0.1, -0.05) is 20.8 Å². The normalized spacial score (nSPS) is 12.2. The minimum absolute atomic E-state index is 0.0955. The van der Waals surface area contributed by atoms with Crippen molar-refractivity contribution in [1.29, 1.82) is 0 Å². The molecule has 1 atom stereocenters. The van der Waals surface area contributed by atoms with Gasteiger partial charge in [0.2, 0.25) is 0 Å². The van der Waals surface area contributed by atoms with Gasteiger partial charge in [0.25, 0.3) is 0 Å². The summed E-state index contributed by atoms with van der Waals surface area (Å²) in [5.74, 6) is 1.35. The molecule has 0 spiro atoms. The summed E-state index contributed by atoms with van der Waals surface area (Å²) in [5, 5.41) is 7.58. The van der Waals surface area contributed by atoms with Gasteiger partial charge in [-0.2, -0.15) is 5.10 Å². The molecule has 26 heavy (non-hydrogen) atoms. The van der Waals surface area contributed by atoms with E-state index in [-0.39, 0.29) is 12.1 Å². The second-order valence-corrected chi connectivity index (χ2v) is 7.25. The summed E-state index contributed by atoms with van der Waals surface area (Å²) in [6.07, 6.45) is 5.43. The fourth-order valence-corrected chi connectivity index (χ4v) is 2.71. The molecule has 1 N–H and O–H groups in total. The van der Waals surface area contributed by atoms with E-state index < -0.39 is 0 Å². The number of rotatable bonds is 8. The lowest BCUT2D eigenvalue weighted by Crippen LogP contribution is -2.41. The maximum absolute atomic E-state index is 13.0. The van der Waals surface area contributed by atoms with Crippen molar-refractivity contribution in [2.45, 2.75) is 66.6 Å². The average Bonchev–Trinajstić information content (AvgIpc) is 2.97. The first-order valence-corrected chi connectivity index (χ1v) is 9.41. The molecule has 6 nitrogen and oxygen atoms in total. The van der Waals surface area contributed by atoms with Crippen LogP contribution in [0, 0.1) is 12.8 Å². The summed E-state index contributed by atoms with van der Waals surface area (Å²) in [6.45, 7) is 11.8. The van der Waals surface area contributed by atoms with Crippen LogP contribution < -0.4 is 5.32 Å². The zero-order chi connectivity index (χ0) is 19.1. The number of aryl methyl sites for hydroxylation is 2. The van der Waals surface area contributed by atoms with Crippen molar-refractivity contribution in [3.05, 3.63) is 41.9 Å². The lowest BCUT2D eigenvalue weighted by molar-refractivity contribution is 0.186. The van der Waals surface area contributed by atoms with Crippen molar-refractivity contribution < 1.29 is 4.79 Å². The summed E-state index contributed by atoms with van der Waals surface area (Å²) < 4.78 is 1.90. The number of carbonyl (C=O) groups excluding carboxylic acids is 1. The number of hydrogen-bond donors (Lipinski definition) is 1. The molecule has 0 saturated carbocycles. The molecule has 0 aliphatic heterocycles. The molecule has 6 heteroatoms. The molecule has 2 rings (SSSR count). The van der Waals surface area contributed by atoms with Crippen LogP contribution in [0.4, 0.5) is 10.6 Å². The summed E-state index contributed by atoms with van der Waals surface area (Å²) in [5.41, 5.74) is 1.98. The summed E-state index contributed by atoms with van der Waals surface area (Å²) in [4.78, 5) is 18.9. The highest BCUT2D eigenvalue weighted by atomic mass is 16.2. The zero-order valence-corrected chi connectivity index (χ0v) is 16.6. The van der Waals surface area contributed by atoms with Gasteiger partial charge in [0.15, 0.2) is 0 Å². The van der Waals surface area contributed by atoms with E-state index in [0.717, 1.165) is 36.5 Å². The SMILES string of the molecule is CC[C@@H](C)N(Cc1ccncc1)C(=O)Nc1cc(C)nn1CCC(C)C. The topological polar surface area (TPSA) is 63.1 Å². The van der Waals surface area contributed by atoms with Crippen LogP contribution >= 0.6 is 0 Å². The highest BCUT2D eigenvalue weighted by molar-refractivity contribution is 5.88. The van der Waals surface area contributed by atoms with Crippen molar-refractivity contribution in [2.75, 3.05) is 5.32 Å². The predicted octanol–water partition coefficient (Wildman–Crippen LogP) is 4.47. The highest BCUT2D eigenvalue weighted by Crippen LogP contribution is 2.16. The van der Waals surface area contributed by atoms with Crippen molar-refractivity contribution in [1.82, 2.24) is 19.7 Å². The smallest absolute Gasteiger partial charge is 0.317 e. The highest BCUT2D eigenvalue weighted by Gasteiger charge is 2.21. The second-order valence-electron chi connectivity index (χ2n) is 7.25. The number of nitrogens with one attached hydrogen (secondary N) is 1. The van der Waals surface area contributed by atoms with Crippen LogP contribution in [0.2, 0.25) is 0 Å². The van der Waals surface area contributed by atoms with Gasteiger partial charge in [0, 0.05) is 37.6 Å². The molecule has 2 heterocycles. The Morgan fingerprint density at radius 3 is 2.58 bits per heavy atom. The maximum atomic E-state index is 13.0. The van der Waals surface area contributed by atoms with Crippen molar-refractivity contribution >= 4 is 11.8 Å². The Morgan fingerprint density at radius 1 is 1.27 bits per heavy atom. The van der Waals surface area contributed by atoms with Crippen molar-refractivity contribution in [2.24, 2.45) is 5.92 Å². The first kappa shape index (κ1) is 19.9. The molecule has 2 aromatic rings. The molecular formula is C20H31N5O. The molecule has 0 saturated heterocycles. The van der Waals surface area contributed by atoms with E-state index in [1.165, 1.54) is 0 Å². The van der Waals surface area contributed by atoms with Gasteiger partial charge in [-0.05, 0) is 50.3 Å². The van der Waals surface area contributed by atoms with Gasteiger partial charge in [-0.25, -0.2) is 9.48 Å². The van der Waals surface area contributed by atoms with Crippen LogP contribution in [0.3, 0.4) is 0 Å². The Kier molecular flexibility index (Phi) is 7.18. The largest absolute Gasteiger partial charge is 0.323 e. The average molecular weight is 358 g/mol. The van der Waals surface area contributed by atoms with Gasteiger partial charge < -0.3 is 4.90 Å². The number of urea groups is 1. The predicted molar refractivity (Wildman–Crippen MR) is 105 cm³/mol. The van der Waals surface area contributed by atoms with E-state index in [0.29, 0.717) is 12.5 Å². The van der Waals surface area contributed by atoms with E-state index in [4.69, 9.17) is 0 Å². The number of pyridine rings is 1. The second kappa shape index (κ2) is 9.36. The van der Waals surface area contributed by atoms with Gasteiger partial charge in [-0.15, -0.1) is 0 Å². The Balaban J connectivity index is 2.14. The van der Waals surface area contributed by atoms with Crippen LogP contribution in [0.15, 0.2) is 30.6 Å². The van der Waals surface area contributed by atoms with Gasteiger partial charge in [0.05, 0.1) is 5.69 Å². The number of aromatic nitrogens is 3. The molecule has 0 aliphatic carbocycles. The monoisotopic (exact) mass is 357 g/mol. The lowest BCUT2D eigenvalue weighted by atomic mass is 10.1. The molecule has 0 aliphatic rings. The third-order valence-corrected chi connectivity index (χ3v) is 4.54. The Morgan fingerprint density at radius 2 is 1.96 bits per heavy atom. The zero-order valence-electron chi connectivity index (χ0n) is 16.6. The molecule has 0 radical (unpaired) electrons. The van der Waals surface area contributed by atoms with Gasteiger partial charge in [0.1, 0.15) is 5.82 Å². The first-order chi connectivity index (χ1) is 12.4. The van der Waals surface area contributed by atoms with Crippen LogP contribution in [0.5, 0.6) is 0 Å². The van der Waals surface area contributed by atoms with Gasteiger partial charge >= 0.3 is 6.03 Å². The molecule has 0 bridgehead atoms. The van der Waals surface area contributed by atoms with E-state index >= 15 is 0 Å². The van der Waals surface area contributed by atoms with Crippen LogP contribution in [0.25, 0.3) is 0 Å². The fraction of sp³-hybridized carbons (Fsp3) is 0.550. The van der Waals surface area contributed by atoms with Crippen LogP contribution in [-0.2, 0) is 13.1 Å². The minimum atomic E-state index is -0.0955. The van der Waals surface area contributed by atoms with E-state index in [2.05, 4.69) is 43.1 Å². The van der Waals surface area contributed by atoms with Crippen molar-refractivity contribution in [3.63, 3.8) is 0 Å². The molecule has 2 amide bonds. The Hall–Kier alpha value is -2.37. The third kappa shape index (κ3) is 5.58. The lowest BCUT2D eigenvalue weighted by Gasteiger charge is -2.29. The van der Waals surface area contributed by atoms with Crippen molar-refractivity contribution in [3.8, 4) is 0 Å². The Bertz CT molecular complexity index is 695. The Labute approximate surface area is 156 Å².